The van der Waals surface area contributed by atoms with Crippen LogP contribution in [-0.2, 0) is 11.2 Å². The van der Waals surface area contributed by atoms with Crippen molar-refractivity contribution in [2.45, 2.75) is 19.3 Å². The molecule has 19 heavy (non-hydrogen) atoms. The number of carboxylic acid groups (broad SMARTS) is 1. The van der Waals surface area contributed by atoms with Gasteiger partial charge in [0.15, 0.2) is 0 Å². The number of carbonyl (C=O) groups excluding carboxylic acids is 1. The molecule has 2 N–H and O–H groups in total. The molecule has 2 amide bonds. The average Bonchev–Trinajstić information content (AvgIpc) is 3.02. The van der Waals surface area contributed by atoms with Gasteiger partial charge in [-0.1, -0.05) is 6.07 Å². The zero-order chi connectivity index (χ0) is 13.7. The number of carboxylic acids is 1. The van der Waals surface area contributed by atoms with Crippen molar-refractivity contribution in [3.63, 3.8) is 0 Å². The molecule has 104 valence electrons. The van der Waals surface area contributed by atoms with Gasteiger partial charge in [0.2, 0.25) is 0 Å². The van der Waals surface area contributed by atoms with E-state index in [1.165, 1.54) is 9.78 Å². The fourth-order valence-corrected chi connectivity index (χ4v) is 2.56. The highest BCUT2D eigenvalue weighted by molar-refractivity contribution is 7.09. The van der Waals surface area contributed by atoms with Crippen LogP contribution in [0.25, 0.3) is 0 Å². The first kappa shape index (κ1) is 13.9. The number of rotatable bonds is 7. The molecule has 2 rings (SSSR count). The number of urea groups is 1. The maximum atomic E-state index is 11.9. The molecule has 0 radical (unpaired) electrons. The molecule has 0 bridgehead atoms. The summed E-state index contributed by atoms with van der Waals surface area (Å²) in [7, 11) is 0. The van der Waals surface area contributed by atoms with Crippen LogP contribution in [0.15, 0.2) is 17.5 Å². The van der Waals surface area contributed by atoms with Crippen LogP contribution in [-0.4, -0.2) is 41.6 Å². The zero-order valence-corrected chi connectivity index (χ0v) is 11.5. The fraction of sp³-hybridized carbons (Fsp3) is 0.538. The van der Waals surface area contributed by atoms with E-state index in [1.807, 2.05) is 17.5 Å². The maximum Gasteiger partial charge on any atom is 0.323 e. The van der Waals surface area contributed by atoms with Crippen molar-refractivity contribution in [1.82, 2.24) is 10.2 Å². The summed E-state index contributed by atoms with van der Waals surface area (Å²) in [6.07, 6.45) is 2.98. The molecule has 1 saturated carbocycles. The van der Waals surface area contributed by atoms with Crippen LogP contribution in [0.2, 0.25) is 0 Å². The minimum Gasteiger partial charge on any atom is -0.480 e. The molecule has 0 aliphatic heterocycles. The van der Waals surface area contributed by atoms with Gasteiger partial charge in [-0.05, 0) is 36.6 Å². The molecule has 0 saturated heterocycles. The molecule has 1 aromatic heterocycles. The van der Waals surface area contributed by atoms with E-state index in [0.29, 0.717) is 19.0 Å². The summed E-state index contributed by atoms with van der Waals surface area (Å²) in [5, 5.41) is 13.6. The summed E-state index contributed by atoms with van der Waals surface area (Å²) >= 11 is 1.66. The predicted molar refractivity (Wildman–Crippen MR) is 73.4 cm³/mol. The summed E-state index contributed by atoms with van der Waals surface area (Å²) < 4.78 is 0. The van der Waals surface area contributed by atoms with Gasteiger partial charge in [-0.3, -0.25) is 4.79 Å². The second kappa shape index (κ2) is 6.56. The normalized spacial score (nSPS) is 14.1. The Labute approximate surface area is 116 Å². The lowest BCUT2D eigenvalue weighted by molar-refractivity contribution is -0.137. The molecule has 6 heteroatoms. The molecular formula is C13H18N2O3S. The lowest BCUT2D eigenvalue weighted by atomic mass is 10.3. The van der Waals surface area contributed by atoms with Crippen molar-refractivity contribution >= 4 is 23.3 Å². The van der Waals surface area contributed by atoms with Crippen LogP contribution in [0.3, 0.4) is 0 Å². The molecule has 1 fully saturated rings. The lowest BCUT2D eigenvalue weighted by Gasteiger charge is -2.20. The third kappa shape index (κ3) is 4.90. The Hall–Kier alpha value is -1.56. The van der Waals surface area contributed by atoms with Crippen molar-refractivity contribution < 1.29 is 14.7 Å². The van der Waals surface area contributed by atoms with Crippen LogP contribution in [0.1, 0.15) is 17.7 Å². The molecule has 1 aliphatic carbocycles. The molecule has 0 unspecified atom stereocenters. The molecular weight excluding hydrogens is 264 g/mol. The van der Waals surface area contributed by atoms with Crippen molar-refractivity contribution in [2.75, 3.05) is 19.6 Å². The van der Waals surface area contributed by atoms with Gasteiger partial charge in [0, 0.05) is 18.0 Å². The molecule has 0 spiro atoms. The van der Waals surface area contributed by atoms with Crippen LogP contribution < -0.4 is 5.32 Å². The number of nitrogens with zero attached hydrogens (tertiary/aromatic N) is 1. The Morgan fingerprint density at radius 1 is 1.47 bits per heavy atom. The van der Waals surface area contributed by atoms with Gasteiger partial charge in [0.05, 0.1) is 0 Å². The highest BCUT2D eigenvalue weighted by Crippen LogP contribution is 2.29. The topological polar surface area (TPSA) is 69.6 Å². The Kier molecular flexibility index (Phi) is 4.79. The number of thiophene rings is 1. The van der Waals surface area contributed by atoms with E-state index in [4.69, 9.17) is 5.11 Å². The monoisotopic (exact) mass is 282 g/mol. The first-order chi connectivity index (χ1) is 9.15. The number of hydrogen-bond donors (Lipinski definition) is 2. The molecule has 1 aromatic rings. The van der Waals surface area contributed by atoms with Gasteiger partial charge >= 0.3 is 12.0 Å². The van der Waals surface area contributed by atoms with E-state index in [1.54, 1.807) is 11.3 Å². The summed E-state index contributed by atoms with van der Waals surface area (Å²) in [5.41, 5.74) is 0. The molecule has 0 aromatic carbocycles. The van der Waals surface area contributed by atoms with Gasteiger partial charge in [-0.2, -0.15) is 0 Å². The van der Waals surface area contributed by atoms with Crippen LogP contribution >= 0.6 is 11.3 Å². The van der Waals surface area contributed by atoms with Crippen LogP contribution in [0.4, 0.5) is 4.79 Å². The average molecular weight is 282 g/mol. The van der Waals surface area contributed by atoms with Crippen LogP contribution in [0.5, 0.6) is 0 Å². The minimum absolute atomic E-state index is 0.221. The number of carbonyl (C=O) groups is 2. The lowest BCUT2D eigenvalue weighted by Crippen LogP contribution is -2.44. The third-order valence-electron chi connectivity index (χ3n) is 3.02. The highest BCUT2D eigenvalue weighted by atomic mass is 32.1. The second-order valence-electron chi connectivity index (χ2n) is 4.78. The summed E-state index contributed by atoms with van der Waals surface area (Å²) in [5.74, 6) is -0.476. The molecule has 5 nitrogen and oxygen atoms in total. The van der Waals surface area contributed by atoms with Crippen molar-refractivity contribution in [2.24, 2.45) is 5.92 Å². The predicted octanol–water partition coefficient (Wildman–Crippen LogP) is 1.80. The quantitative estimate of drug-likeness (QED) is 0.801. The van der Waals surface area contributed by atoms with E-state index in [9.17, 15) is 9.59 Å². The van der Waals surface area contributed by atoms with E-state index in [-0.39, 0.29) is 12.6 Å². The molecule has 0 atom stereocenters. The summed E-state index contributed by atoms with van der Waals surface area (Å²) in [6, 6.07) is 3.73. The van der Waals surface area contributed by atoms with Gasteiger partial charge in [0.1, 0.15) is 6.54 Å². The van der Waals surface area contributed by atoms with Crippen molar-refractivity contribution in [3.8, 4) is 0 Å². The summed E-state index contributed by atoms with van der Waals surface area (Å²) in [4.78, 5) is 25.3. The molecule has 1 heterocycles. The maximum absolute atomic E-state index is 11.9. The van der Waals surface area contributed by atoms with E-state index >= 15 is 0 Å². The zero-order valence-electron chi connectivity index (χ0n) is 10.7. The SMILES string of the molecule is O=C(O)CN(CC1CC1)C(=O)NCCc1cccs1. The van der Waals surface area contributed by atoms with Gasteiger partial charge < -0.3 is 15.3 Å². The number of amides is 2. The van der Waals surface area contributed by atoms with E-state index < -0.39 is 5.97 Å². The van der Waals surface area contributed by atoms with Crippen LogP contribution in [0, 0.1) is 5.92 Å². The Balaban J connectivity index is 1.75. The smallest absolute Gasteiger partial charge is 0.323 e. The van der Waals surface area contributed by atoms with E-state index in [0.717, 1.165) is 19.3 Å². The van der Waals surface area contributed by atoms with Crippen molar-refractivity contribution in [3.05, 3.63) is 22.4 Å². The first-order valence-electron chi connectivity index (χ1n) is 6.42. The van der Waals surface area contributed by atoms with Gasteiger partial charge in [-0.25, -0.2) is 4.79 Å². The van der Waals surface area contributed by atoms with Gasteiger partial charge in [-0.15, -0.1) is 11.3 Å². The second-order valence-corrected chi connectivity index (χ2v) is 5.81. The summed E-state index contributed by atoms with van der Waals surface area (Å²) in [6.45, 7) is 0.874. The highest BCUT2D eigenvalue weighted by Gasteiger charge is 2.27. The third-order valence-corrected chi connectivity index (χ3v) is 3.95. The number of hydrogen-bond acceptors (Lipinski definition) is 3. The van der Waals surface area contributed by atoms with Gasteiger partial charge in [0.25, 0.3) is 0 Å². The molecule has 1 aliphatic rings. The van der Waals surface area contributed by atoms with Crippen molar-refractivity contribution in [1.29, 1.82) is 0 Å². The standard InChI is InChI=1S/C13H18N2O3S/c16-12(17)9-15(8-10-3-4-10)13(18)14-6-5-11-2-1-7-19-11/h1-2,7,10H,3-6,8-9H2,(H,14,18)(H,16,17). The Bertz CT molecular complexity index is 429. The fourth-order valence-electron chi connectivity index (χ4n) is 1.85. The minimum atomic E-state index is -0.964. The Morgan fingerprint density at radius 2 is 2.26 bits per heavy atom. The first-order valence-corrected chi connectivity index (χ1v) is 7.30. The Morgan fingerprint density at radius 3 is 2.84 bits per heavy atom. The largest absolute Gasteiger partial charge is 0.480 e. The number of nitrogens with one attached hydrogen (secondary N) is 1. The number of aliphatic carboxylic acids is 1. The van der Waals surface area contributed by atoms with E-state index in [2.05, 4.69) is 5.32 Å².